The smallest absolute Gasteiger partial charge is 0.251 e. The van der Waals surface area contributed by atoms with E-state index in [-0.39, 0.29) is 11.8 Å². The predicted octanol–water partition coefficient (Wildman–Crippen LogP) is 4.15. The third kappa shape index (κ3) is 7.93. The van der Waals surface area contributed by atoms with Crippen LogP contribution in [0.15, 0.2) is 59.5 Å². The predicted molar refractivity (Wildman–Crippen MR) is 108 cm³/mol. The van der Waals surface area contributed by atoms with Gasteiger partial charge in [-0.05, 0) is 55.0 Å². The number of hydrogen-bond donors (Lipinski definition) is 2. The van der Waals surface area contributed by atoms with Crippen LogP contribution in [0.3, 0.4) is 0 Å². The Hall–Kier alpha value is -1.98. The van der Waals surface area contributed by atoms with Crippen LogP contribution >= 0.6 is 23.4 Å². The summed E-state index contributed by atoms with van der Waals surface area (Å²) in [5.74, 6) is 0.844. The van der Waals surface area contributed by atoms with Gasteiger partial charge in [0, 0.05) is 35.0 Å². The molecule has 138 valence electrons. The zero-order valence-electron chi connectivity index (χ0n) is 14.5. The highest BCUT2D eigenvalue weighted by Gasteiger charge is 2.05. The number of halogens is 1. The molecular formula is C20H23ClN2O2S. The molecule has 0 fully saturated rings. The van der Waals surface area contributed by atoms with Gasteiger partial charge in [0.05, 0.1) is 0 Å². The van der Waals surface area contributed by atoms with Crippen molar-refractivity contribution in [2.45, 2.75) is 24.2 Å². The maximum absolute atomic E-state index is 11.9. The van der Waals surface area contributed by atoms with Gasteiger partial charge in [0.25, 0.3) is 5.91 Å². The van der Waals surface area contributed by atoms with Crippen molar-refractivity contribution < 1.29 is 9.59 Å². The first-order valence-electron chi connectivity index (χ1n) is 8.63. The molecule has 0 saturated carbocycles. The van der Waals surface area contributed by atoms with Crippen molar-refractivity contribution in [3.63, 3.8) is 0 Å². The van der Waals surface area contributed by atoms with E-state index >= 15 is 0 Å². The molecule has 2 aromatic carbocycles. The highest BCUT2D eigenvalue weighted by Crippen LogP contribution is 2.17. The first-order valence-corrected chi connectivity index (χ1v) is 10.00. The Bertz CT molecular complexity index is 693. The van der Waals surface area contributed by atoms with Crippen molar-refractivity contribution in [2.75, 3.05) is 18.8 Å². The van der Waals surface area contributed by atoms with E-state index < -0.39 is 0 Å². The maximum Gasteiger partial charge on any atom is 0.251 e. The maximum atomic E-state index is 11.9. The van der Waals surface area contributed by atoms with Gasteiger partial charge in [0.15, 0.2) is 0 Å². The van der Waals surface area contributed by atoms with Crippen molar-refractivity contribution in [3.8, 4) is 0 Å². The number of nitrogens with one attached hydrogen (secondary N) is 2. The number of thioether (sulfide) groups is 1. The number of rotatable bonds is 10. The van der Waals surface area contributed by atoms with Crippen LogP contribution in [0, 0.1) is 0 Å². The summed E-state index contributed by atoms with van der Waals surface area (Å²) in [5, 5.41) is 6.32. The first-order chi connectivity index (χ1) is 12.6. The van der Waals surface area contributed by atoms with Crippen LogP contribution in [-0.4, -0.2) is 30.7 Å². The number of amides is 2. The molecule has 6 heteroatoms. The molecule has 0 bridgehead atoms. The molecule has 0 aliphatic carbocycles. The van der Waals surface area contributed by atoms with Gasteiger partial charge in [0.1, 0.15) is 0 Å². The van der Waals surface area contributed by atoms with Crippen molar-refractivity contribution in [1.82, 2.24) is 10.6 Å². The van der Waals surface area contributed by atoms with Crippen LogP contribution in [0.2, 0.25) is 5.02 Å². The van der Waals surface area contributed by atoms with E-state index in [1.165, 1.54) is 4.90 Å². The Morgan fingerprint density at radius 3 is 2.31 bits per heavy atom. The van der Waals surface area contributed by atoms with E-state index in [0.29, 0.717) is 36.5 Å². The lowest BCUT2D eigenvalue weighted by Gasteiger charge is -2.07. The largest absolute Gasteiger partial charge is 0.356 e. The molecule has 2 rings (SSSR count). The fraction of sp³-hybridized carbons (Fsp3) is 0.300. The van der Waals surface area contributed by atoms with Crippen molar-refractivity contribution in [1.29, 1.82) is 0 Å². The summed E-state index contributed by atoms with van der Waals surface area (Å²) in [6, 6.07) is 16.9. The standard InChI is InChI=1S/C20H23ClN2O2S/c21-17-11-9-16(10-12-17)20(25)23-13-4-8-19(24)22-14-5-15-26-18-6-2-1-3-7-18/h1-3,6-7,9-12H,4-5,8,13-15H2,(H,22,24)(H,23,25). The van der Waals surface area contributed by atoms with Crippen LogP contribution in [0.1, 0.15) is 29.6 Å². The van der Waals surface area contributed by atoms with Gasteiger partial charge in [-0.15, -0.1) is 11.8 Å². The molecule has 0 spiro atoms. The fourth-order valence-electron chi connectivity index (χ4n) is 2.25. The zero-order chi connectivity index (χ0) is 18.6. The average Bonchev–Trinajstić information content (AvgIpc) is 2.66. The molecule has 0 unspecified atom stereocenters. The van der Waals surface area contributed by atoms with Crippen LogP contribution in [0.4, 0.5) is 0 Å². The van der Waals surface area contributed by atoms with Crippen LogP contribution in [0.25, 0.3) is 0 Å². The highest BCUT2D eigenvalue weighted by molar-refractivity contribution is 7.99. The second kappa shape index (κ2) is 11.6. The van der Waals surface area contributed by atoms with E-state index in [1.807, 2.05) is 18.2 Å². The van der Waals surface area contributed by atoms with Gasteiger partial charge >= 0.3 is 0 Å². The SMILES string of the molecule is O=C(CCCNC(=O)c1ccc(Cl)cc1)NCCCSc1ccccc1. The second-order valence-electron chi connectivity index (χ2n) is 5.73. The summed E-state index contributed by atoms with van der Waals surface area (Å²) in [6.07, 6.45) is 1.95. The van der Waals surface area contributed by atoms with E-state index in [9.17, 15) is 9.59 Å². The van der Waals surface area contributed by atoms with Gasteiger partial charge in [-0.25, -0.2) is 0 Å². The van der Waals surface area contributed by atoms with Crippen molar-refractivity contribution in [3.05, 3.63) is 65.2 Å². The molecule has 26 heavy (non-hydrogen) atoms. The molecular weight excluding hydrogens is 368 g/mol. The third-order valence-corrected chi connectivity index (χ3v) is 4.98. The van der Waals surface area contributed by atoms with E-state index in [4.69, 9.17) is 11.6 Å². The minimum Gasteiger partial charge on any atom is -0.356 e. The number of hydrogen-bond acceptors (Lipinski definition) is 3. The molecule has 4 nitrogen and oxygen atoms in total. The third-order valence-electron chi connectivity index (χ3n) is 3.63. The molecule has 2 aromatic rings. The van der Waals surface area contributed by atoms with E-state index in [1.54, 1.807) is 36.0 Å². The Morgan fingerprint density at radius 1 is 0.885 bits per heavy atom. The summed E-state index contributed by atoms with van der Waals surface area (Å²) in [5.41, 5.74) is 0.565. The molecule has 2 N–H and O–H groups in total. The van der Waals surface area contributed by atoms with Crippen molar-refractivity contribution in [2.24, 2.45) is 0 Å². The molecule has 0 saturated heterocycles. The Balaban J connectivity index is 1.49. The topological polar surface area (TPSA) is 58.2 Å². The molecule has 0 atom stereocenters. The van der Waals surface area contributed by atoms with Crippen molar-refractivity contribution >= 4 is 35.2 Å². The molecule has 0 aliphatic heterocycles. The Morgan fingerprint density at radius 2 is 1.58 bits per heavy atom. The van der Waals surface area contributed by atoms with Gasteiger partial charge in [0.2, 0.25) is 5.91 Å². The Kier molecular flexibility index (Phi) is 9.07. The normalized spacial score (nSPS) is 10.3. The lowest BCUT2D eigenvalue weighted by molar-refractivity contribution is -0.121. The molecule has 0 radical (unpaired) electrons. The minimum atomic E-state index is -0.153. The van der Waals surface area contributed by atoms with Crippen LogP contribution in [-0.2, 0) is 4.79 Å². The highest BCUT2D eigenvalue weighted by atomic mass is 35.5. The lowest BCUT2D eigenvalue weighted by atomic mass is 10.2. The van der Waals surface area contributed by atoms with Gasteiger partial charge < -0.3 is 10.6 Å². The summed E-state index contributed by atoms with van der Waals surface area (Å²) < 4.78 is 0. The summed E-state index contributed by atoms with van der Waals surface area (Å²) in [4.78, 5) is 24.9. The molecule has 2 amide bonds. The Labute approximate surface area is 163 Å². The van der Waals surface area contributed by atoms with Crippen LogP contribution < -0.4 is 10.6 Å². The molecule has 0 aliphatic rings. The number of benzene rings is 2. The molecule has 0 aromatic heterocycles. The number of carbonyl (C=O) groups excluding carboxylic acids is 2. The molecule has 0 heterocycles. The summed E-state index contributed by atoms with van der Waals surface area (Å²) in [7, 11) is 0. The minimum absolute atomic E-state index is 0.0236. The number of carbonyl (C=O) groups is 2. The van der Waals surface area contributed by atoms with Crippen LogP contribution in [0.5, 0.6) is 0 Å². The summed E-state index contributed by atoms with van der Waals surface area (Å²) >= 11 is 7.58. The van der Waals surface area contributed by atoms with E-state index in [2.05, 4.69) is 22.8 Å². The first kappa shape index (κ1) is 20.3. The fourth-order valence-corrected chi connectivity index (χ4v) is 3.25. The van der Waals surface area contributed by atoms with Gasteiger partial charge in [-0.2, -0.15) is 0 Å². The van der Waals surface area contributed by atoms with E-state index in [0.717, 1.165) is 12.2 Å². The lowest BCUT2D eigenvalue weighted by Crippen LogP contribution is -2.28. The monoisotopic (exact) mass is 390 g/mol. The average molecular weight is 391 g/mol. The summed E-state index contributed by atoms with van der Waals surface area (Å²) in [6.45, 7) is 1.15. The van der Waals surface area contributed by atoms with Gasteiger partial charge in [-0.1, -0.05) is 29.8 Å². The quantitative estimate of drug-likeness (QED) is 0.473. The van der Waals surface area contributed by atoms with Gasteiger partial charge in [-0.3, -0.25) is 9.59 Å². The zero-order valence-corrected chi connectivity index (χ0v) is 16.1. The second-order valence-corrected chi connectivity index (χ2v) is 7.34.